The lowest BCUT2D eigenvalue weighted by Gasteiger charge is -2.40. The van der Waals surface area contributed by atoms with E-state index in [1.54, 1.807) is 9.80 Å². The summed E-state index contributed by atoms with van der Waals surface area (Å²) in [5.41, 5.74) is 1.18. The summed E-state index contributed by atoms with van der Waals surface area (Å²) in [7, 11) is 0. The second-order valence-corrected chi connectivity index (χ2v) is 8.97. The molecule has 0 aliphatic carbocycles. The number of aliphatic carboxylic acids is 1. The minimum atomic E-state index is -4.53. The first-order valence-corrected chi connectivity index (χ1v) is 11.4. The summed E-state index contributed by atoms with van der Waals surface area (Å²) in [4.78, 5) is 40.5. The van der Waals surface area contributed by atoms with Gasteiger partial charge in [-0.1, -0.05) is 36.4 Å². The summed E-state index contributed by atoms with van der Waals surface area (Å²) in [6.07, 6.45) is -3.87. The second kappa shape index (κ2) is 9.97. The Bertz CT molecular complexity index is 1110. The molecule has 2 heterocycles. The number of para-hydroxylation sites is 1. The van der Waals surface area contributed by atoms with E-state index < -0.39 is 23.6 Å². The summed E-state index contributed by atoms with van der Waals surface area (Å²) in [5.74, 6) is -2.71. The van der Waals surface area contributed by atoms with Gasteiger partial charge in [-0.3, -0.25) is 9.59 Å². The number of anilines is 1. The molecule has 1 saturated heterocycles. The smallest absolute Gasteiger partial charge is 0.416 e. The number of fused-ring (bicyclic) bond motifs is 1. The SMILES string of the molecule is O=C(O)[C@H](CC(=O)N1CCC(N2Cc3ccccc3NC2=O)CC1)Cc1cccc(C(F)(F)F)c1. The number of nitrogens with zero attached hydrogens (tertiary/aromatic N) is 2. The van der Waals surface area contributed by atoms with Gasteiger partial charge >= 0.3 is 18.2 Å². The van der Waals surface area contributed by atoms with E-state index in [0.717, 1.165) is 23.4 Å². The first-order chi connectivity index (χ1) is 16.6. The van der Waals surface area contributed by atoms with Crippen LogP contribution in [0.4, 0.5) is 23.7 Å². The standard InChI is InChI=1S/C25H26F3N3O4/c26-25(27,28)19-6-3-4-16(13-19)12-18(23(33)34)14-22(32)30-10-8-20(9-11-30)31-15-17-5-1-2-7-21(17)29-24(31)35/h1-7,13,18,20H,8-12,14-15H2,(H,29,35)(H,33,34)/t18-/m0/s1. The van der Waals surface area contributed by atoms with E-state index in [0.29, 0.717) is 32.5 Å². The molecule has 0 aromatic heterocycles. The molecular formula is C25H26F3N3O4. The number of piperidine rings is 1. The molecule has 2 aliphatic heterocycles. The zero-order valence-electron chi connectivity index (χ0n) is 18.9. The molecule has 1 atom stereocenters. The fourth-order valence-corrected chi connectivity index (χ4v) is 4.69. The van der Waals surface area contributed by atoms with Gasteiger partial charge in [0.05, 0.1) is 11.5 Å². The van der Waals surface area contributed by atoms with Crippen molar-refractivity contribution < 1.29 is 32.7 Å². The van der Waals surface area contributed by atoms with Crippen LogP contribution in [0, 0.1) is 5.92 Å². The molecule has 10 heteroatoms. The van der Waals surface area contributed by atoms with Gasteiger partial charge in [0, 0.05) is 37.8 Å². The molecule has 0 radical (unpaired) electrons. The van der Waals surface area contributed by atoms with Crippen molar-refractivity contribution in [3.05, 3.63) is 65.2 Å². The highest BCUT2D eigenvalue weighted by molar-refractivity contribution is 5.92. The third-order valence-electron chi connectivity index (χ3n) is 6.63. The Kier molecular flexibility index (Phi) is 7.00. The van der Waals surface area contributed by atoms with Gasteiger partial charge in [-0.15, -0.1) is 0 Å². The summed E-state index contributed by atoms with van der Waals surface area (Å²) < 4.78 is 38.9. The molecule has 35 heavy (non-hydrogen) atoms. The third kappa shape index (κ3) is 5.75. The van der Waals surface area contributed by atoms with Crippen molar-refractivity contribution in [1.82, 2.24) is 9.80 Å². The number of amides is 3. The number of alkyl halides is 3. The zero-order chi connectivity index (χ0) is 25.2. The van der Waals surface area contributed by atoms with Crippen LogP contribution in [0.2, 0.25) is 0 Å². The van der Waals surface area contributed by atoms with E-state index in [4.69, 9.17) is 0 Å². The number of carboxylic acids is 1. The maximum Gasteiger partial charge on any atom is 0.416 e. The van der Waals surface area contributed by atoms with Crippen LogP contribution < -0.4 is 5.32 Å². The van der Waals surface area contributed by atoms with Crippen molar-refractivity contribution >= 4 is 23.6 Å². The molecule has 2 aliphatic rings. The van der Waals surface area contributed by atoms with Crippen molar-refractivity contribution in [2.75, 3.05) is 18.4 Å². The van der Waals surface area contributed by atoms with Crippen LogP contribution in [0.25, 0.3) is 0 Å². The molecule has 4 rings (SSSR count). The van der Waals surface area contributed by atoms with Gasteiger partial charge in [0.15, 0.2) is 0 Å². The molecule has 2 aromatic carbocycles. The molecule has 0 unspecified atom stereocenters. The highest BCUT2D eigenvalue weighted by Crippen LogP contribution is 2.31. The Morgan fingerprint density at radius 1 is 1.09 bits per heavy atom. The highest BCUT2D eigenvalue weighted by atomic mass is 19.4. The van der Waals surface area contributed by atoms with Crippen molar-refractivity contribution in [2.24, 2.45) is 5.92 Å². The molecule has 7 nitrogen and oxygen atoms in total. The van der Waals surface area contributed by atoms with Gasteiger partial charge in [-0.2, -0.15) is 13.2 Å². The lowest BCUT2D eigenvalue weighted by Crippen LogP contribution is -2.51. The van der Waals surface area contributed by atoms with Gasteiger partial charge in [0.1, 0.15) is 0 Å². The van der Waals surface area contributed by atoms with Crippen LogP contribution >= 0.6 is 0 Å². The maximum absolute atomic E-state index is 13.0. The van der Waals surface area contributed by atoms with Gasteiger partial charge in [-0.05, 0) is 42.5 Å². The maximum atomic E-state index is 13.0. The van der Waals surface area contributed by atoms with Gasteiger partial charge in [0.25, 0.3) is 0 Å². The largest absolute Gasteiger partial charge is 0.481 e. The lowest BCUT2D eigenvalue weighted by molar-refractivity contribution is -0.146. The summed E-state index contributed by atoms with van der Waals surface area (Å²) in [6.45, 7) is 1.24. The monoisotopic (exact) mass is 489 g/mol. The highest BCUT2D eigenvalue weighted by Gasteiger charge is 2.34. The molecule has 2 N–H and O–H groups in total. The number of rotatable bonds is 6. The molecule has 186 valence electrons. The van der Waals surface area contributed by atoms with Crippen LogP contribution in [0.3, 0.4) is 0 Å². The summed E-state index contributed by atoms with van der Waals surface area (Å²) in [5, 5.41) is 12.5. The fraction of sp³-hybridized carbons (Fsp3) is 0.400. The van der Waals surface area contributed by atoms with Crippen LogP contribution in [0.15, 0.2) is 48.5 Å². The number of likely N-dealkylation sites (tertiary alicyclic amines) is 1. The predicted molar refractivity (Wildman–Crippen MR) is 121 cm³/mol. The molecule has 0 spiro atoms. The zero-order valence-corrected chi connectivity index (χ0v) is 18.9. The Balaban J connectivity index is 1.34. The number of benzene rings is 2. The Morgan fingerprint density at radius 2 is 1.80 bits per heavy atom. The normalized spacial score (nSPS) is 17.5. The summed E-state index contributed by atoms with van der Waals surface area (Å²) in [6, 6.07) is 11.9. The number of carbonyl (C=O) groups is 3. The van der Waals surface area contributed by atoms with Crippen LogP contribution in [0.5, 0.6) is 0 Å². The molecule has 1 fully saturated rings. The van der Waals surface area contributed by atoms with Crippen molar-refractivity contribution in [1.29, 1.82) is 0 Å². The number of halogens is 3. The van der Waals surface area contributed by atoms with E-state index in [-0.39, 0.29) is 36.4 Å². The van der Waals surface area contributed by atoms with Crippen molar-refractivity contribution in [2.45, 2.75) is 44.4 Å². The molecular weight excluding hydrogens is 463 g/mol. The predicted octanol–water partition coefficient (Wildman–Crippen LogP) is 4.38. The Hall–Kier alpha value is -3.56. The van der Waals surface area contributed by atoms with E-state index in [2.05, 4.69) is 5.32 Å². The van der Waals surface area contributed by atoms with E-state index in [1.807, 2.05) is 24.3 Å². The van der Waals surface area contributed by atoms with E-state index in [1.165, 1.54) is 12.1 Å². The van der Waals surface area contributed by atoms with Crippen molar-refractivity contribution in [3.63, 3.8) is 0 Å². The number of urea groups is 1. The number of carboxylic acid groups (broad SMARTS) is 1. The van der Waals surface area contributed by atoms with Gasteiger partial charge < -0.3 is 20.2 Å². The minimum Gasteiger partial charge on any atom is -0.481 e. The van der Waals surface area contributed by atoms with Gasteiger partial charge in [-0.25, -0.2) is 4.79 Å². The van der Waals surface area contributed by atoms with Crippen LogP contribution in [-0.4, -0.2) is 51.9 Å². The first kappa shape index (κ1) is 24.6. The number of nitrogens with one attached hydrogen (secondary N) is 1. The number of hydrogen-bond donors (Lipinski definition) is 2. The average Bonchev–Trinajstić information content (AvgIpc) is 2.83. The van der Waals surface area contributed by atoms with Crippen LogP contribution in [0.1, 0.15) is 36.0 Å². The lowest BCUT2D eigenvalue weighted by atomic mass is 9.94. The molecule has 2 aromatic rings. The number of carbonyl (C=O) groups excluding carboxylic acids is 2. The number of hydrogen-bond acceptors (Lipinski definition) is 3. The quantitative estimate of drug-likeness (QED) is 0.630. The Morgan fingerprint density at radius 3 is 2.49 bits per heavy atom. The average molecular weight is 489 g/mol. The second-order valence-electron chi connectivity index (χ2n) is 8.97. The van der Waals surface area contributed by atoms with Gasteiger partial charge in [0.2, 0.25) is 5.91 Å². The first-order valence-electron chi connectivity index (χ1n) is 11.4. The topological polar surface area (TPSA) is 89.9 Å². The van der Waals surface area contributed by atoms with E-state index >= 15 is 0 Å². The molecule has 3 amide bonds. The molecule has 0 saturated carbocycles. The third-order valence-corrected chi connectivity index (χ3v) is 6.63. The Labute approximate surface area is 200 Å². The van der Waals surface area contributed by atoms with Crippen LogP contribution in [-0.2, 0) is 28.7 Å². The van der Waals surface area contributed by atoms with Crippen molar-refractivity contribution in [3.8, 4) is 0 Å². The van der Waals surface area contributed by atoms with E-state index in [9.17, 15) is 32.7 Å². The summed E-state index contributed by atoms with van der Waals surface area (Å²) >= 11 is 0. The fourth-order valence-electron chi connectivity index (χ4n) is 4.69. The minimum absolute atomic E-state index is 0.0483. The molecule has 0 bridgehead atoms.